The molecule has 0 fully saturated rings. The molecule has 0 aromatic heterocycles. The van der Waals surface area contributed by atoms with E-state index >= 15 is 0 Å². The summed E-state index contributed by atoms with van der Waals surface area (Å²) in [5, 5.41) is 17.5. The molecule has 0 aliphatic heterocycles. The number of halogens is 2. The van der Waals surface area contributed by atoms with Gasteiger partial charge in [0.25, 0.3) is 11.8 Å². The minimum absolute atomic E-state index is 0.112. The van der Waals surface area contributed by atoms with Gasteiger partial charge in [-0.3, -0.25) is 9.59 Å². The minimum atomic E-state index is -0.956. The third-order valence-electron chi connectivity index (χ3n) is 5.11. The van der Waals surface area contributed by atoms with Gasteiger partial charge in [0.1, 0.15) is 11.8 Å². The predicted molar refractivity (Wildman–Crippen MR) is 139 cm³/mol. The fourth-order valence-corrected chi connectivity index (χ4v) is 3.67. The molecule has 188 valence electrons. The first-order valence-corrected chi connectivity index (χ1v) is 11.7. The maximum atomic E-state index is 13.0. The standard InChI is InChI=1S/C26H25Cl2N3O5/c1-16(36-22-12-11-19(27)14-20(22)28)25(33)30-21(13-17-7-4-3-5-8-17)26(34)31-29-15-18-9-6-10-23(35-2)24(18)32/h3-12,14-16,21,32H,13H2,1-2H3,(H,30,33)(H,31,34)/b29-15-/t16-,21-/m0/s1. The number of methoxy groups -OCH3 is 1. The van der Waals surface area contributed by atoms with Crippen LogP contribution in [-0.2, 0) is 16.0 Å². The number of ether oxygens (including phenoxy) is 2. The molecule has 2 amide bonds. The molecule has 0 aliphatic carbocycles. The number of phenols is 1. The lowest BCUT2D eigenvalue weighted by Gasteiger charge is -2.21. The first kappa shape index (κ1) is 26.8. The van der Waals surface area contributed by atoms with Crippen molar-refractivity contribution < 1.29 is 24.2 Å². The number of para-hydroxylation sites is 1. The van der Waals surface area contributed by atoms with Crippen LogP contribution in [-0.4, -0.2) is 42.4 Å². The van der Waals surface area contributed by atoms with Gasteiger partial charge < -0.3 is 19.9 Å². The number of amides is 2. The van der Waals surface area contributed by atoms with Crippen LogP contribution >= 0.6 is 23.2 Å². The summed E-state index contributed by atoms with van der Waals surface area (Å²) in [6.45, 7) is 1.54. The summed E-state index contributed by atoms with van der Waals surface area (Å²) in [4.78, 5) is 25.8. The van der Waals surface area contributed by atoms with Crippen molar-refractivity contribution in [2.24, 2.45) is 5.10 Å². The van der Waals surface area contributed by atoms with E-state index in [2.05, 4.69) is 15.8 Å². The number of carbonyl (C=O) groups excluding carboxylic acids is 2. The lowest BCUT2D eigenvalue weighted by Crippen LogP contribution is -2.50. The second-order valence-electron chi connectivity index (χ2n) is 7.72. The monoisotopic (exact) mass is 529 g/mol. The maximum Gasteiger partial charge on any atom is 0.262 e. The third kappa shape index (κ3) is 7.37. The summed E-state index contributed by atoms with van der Waals surface area (Å²) < 4.78 is 10.7. The van der Waals surface area contributed by atoms with E-state index in [1.807, 2.05) is 30.3 Å². The highest BCUT2D eigenvalue weighted by atomic mass is 35.5. The Balaban J connectivity index is 1.71. The number of nitrogens with one attached hydrogen (secondary N) is 2. The van der Waals surface area contributed by atoms with E-state index in [0.29, 0.717) is 10.6 Å². The van der Waals surface area contributed by atoms with Crippen LogP contribution in [0.3, 0.4) is 0 Å². The van der Waals surface area contributed by atoms with Crippen molar-refractivity contribution in [1.29, 1.82) is 0 Å². The fraction of sp³-hybridized carbons (Fsp3) is 0.192. The maximum absolute atomic E-state index is 13.0. The number of hydrogen-bond acceptors (Lipinski definition) is 6. The van der Waals surface area contributed by atoms with Crippen molar-refractivity contribution in [3.05, 3.63) is 87.9 Å². The Morgan fingerprint density at radius 2 is 1.78 bits per heavy atom. The zero-order valence-corrected chi connectivity index (χ0v) is 21.1. The second kappa shape index (κ2) is 12.8. The van der Waals surface area contributed by atoms with Gasteiger partial charge in [-0.05, 0) is 42.8 Å². The molecule has 0 spiro atoms. The van der Waals surface area contributed by atoms with Crippen molar-refractivity contribution >= 4 is 41.2 Å². The predicted octanol–water partition coefficient (Wildman–Crippen LogP) is 4.35. The zero-order chi connectivity index (χ0) is 26.1. The van der Waals surface area contributed by atoms with E-state index in [1.165, 1.54) is 19.4 Å². The molecule has 3 rings (SSSR count). The fourth-order valence-electron chi connectivity index (χ4n) is 3.21. The Kier molecular flexibility index (Phi) is 9.55. The molecule has 0 unspecified atom stereocenters. The molecular formula is C26H25Cl2N3O5. The number of hydrazone groups is 1. The van der Waals surface area contributed by atoms with E-state index < -0.39 is 24.0 Å². The average Bonchev–Trinajstić information content (AvgIpc) is 2.86. The Labute approximate surface area is 218 Å². The van der Waals surface area contributed by atoms with Crippen LogP contribution in [0, 0.1) is 0 Å². The topological polar surface area (TPSA) is 109 Å². The smallest absolute Gasteiger partial charge is 0.262 e. The van der Waals surface area contributed by atoms with E-state index in [1.54, 1.807) is 37.3 Å². The van der Waals surface area contributed by atoms with Gasteiger partial charge in [-0.25, -0.2) is 5.43 Å². The SMILES string of the molecule is COc1cccc(/C=N\NC(=O)[C@H](Cc2ccccc2)NC(=O)[C@H](C)Oc2ccc(Cl)cc2Cl)c1O. The highest BCUT2D eigenvalue weighted by Crippen LogP contribution is 2.29. The first-order chi connectivity index (χ1) is 17.3. The molecule has 0 saturated heterocycles. The molecule has 0 saturated carbocycles. The number of carbonyl (C=O) groups is 2. The summed E-state index contributed by atoms with van der Waals surface area (Å²) in [6.07, 6.45) is 0.546. The Morgan fingerprint density at radius 3 is 2.47 bits per heavy atom. The number of benzene rings is 3. The summed E-state index contributed by atoms with van der Waals surface area (Å²) in [7, 11) is 1.43. The van der Waals surface area contributed by atoms with Crippen LogP contribution in [0.2, 0.25) is 10.0 Å². The molecule has 3 aromatic rings. The van der Waals surface area contributed by atoms with E-state index in [0.717, 1.165) is 5.56 Å². The summed E-state index contributed by atoms with van der Waals surface area (Å²) >= 11 is 12.0. The molecule has 36 heavy (non-hydrogen) atoms. The largest absolute Gasteiger partial charge is 0.504 e. The first-order valence-electron chi connectivity index (χ1n) is 10.9. The molecule has 0 heterocycles. The normalized spacial score (nSPS) is 12.6. The number of hydrogen-bond donors (Lipinski definition) is 3. The van der Waals surface area contributed by atoms with Crippen molar-refractivity contribution in [2.75, 3.05) is 7.11 Å². The van der Waals surface area contributed by atoms with Gasteiger partial charge in [0.2, 0.25) is 0 Å². The Bertz CT molecular complexity index is 1240. The molecule has 3 aromatic carbocycles. The molecule has 0 bridgehead atoms. The number of aromatic hydroxyl groups is 1. The van der Waals surface area contributed by atoms with Gasteiger partial charge in [-0.1, -0.05) is 59.6 Å². The Morgan fingerprint density at radius 1 is 1.03 bits per heavy atom. The van der Waals surface area contributed by atoms with Crippen molar-refractivity contribution in [3.63, 3.8) is 0 Å². The lowest BCUT2D eigenvalue weighted by atomic mass is 10.1. The van der Waals surface area contributed by atoms with Gasteiger partial charge in [0, 0.05) is 17.0 Å². The number of rotatable bonds is 10. The zero-order valence-electron chi connectivity index (χ0n) is 19.6. The van der Waals surface area contributed by atoms with Crippen LogP contribution in [0.1, 0.15) is 18.1 Å². The van der Waals surface area contributed by atoms with E-state index in [4.69, 9.17) is 32.7 Å². The molecule has 0 aliphatic rings. The molecule has 8 nitrogen and oxygen atoms in total. The lowest BCUT2D eigenvalue weighted by molar-refractivity contribution is -0.132. The van der Waals surface area contributed by atoms with Crippen molar-refractivity contribution in [3.8, 4) is 17.2 Å². The summed E-state index contributed by atoms with van der Waals surface area (Å²) in [5.41, 5.74) is 3.60. The number of phenolic OH excluding ortho intramolecular Hbond substituents is 1. The molecule has 3 N–H and O–H groups in total. The molecule has 0 radical (unpaired) electrons. The van der Waals surface area contributed by atoms with Crippen LogP contribution < -0.4 is 20.2 Å². The summed E-state index contributed by atoms with van der Waals surface area (Å²) in [5.74, 6) is -0.627. The van der Waals surface area contributed by atoms with Gasteiger partial charge >= 0.3 is 0 Å². The van der Waals surface area contributed by atoms with Gasteiger partial charge in [0.05, 0.1) is 18.3 Å². The summed E-state index contributed by atoms with van der Waals surface area (Å²) in [6, 6.07) is 17.8. The quantitative estimate of drug-likeness (QED) is 0.267. The number of nitrogens with zero attached hydrogens (tertiary/aromatic N) is 1. The minimum Gasteiger partial charge on any atom is -0.504 e. The van der Waals surface area contributed by atoms with Crippen molar-refractivity contribution in [1.82, 2.24) is 10.7 Å². The molecule has 2 atom stereocenters. The average molecular weight is 530 g/mol. The molecule has 10 heteroatoms. The highest BCUT2D eigenvalue weighted by Gasteiger charge is 2.25. The van der Waals surface area contributed by atoms with Crippen molar-refractivity contribution in [2.45, 2.75) is 25.5 Å². The third-order valence-corrected chi connectivity index (χ3v) is 5.64. The second-order valence-corrected chi connectivity index (χ2v) is 8.56. The van der Waals surface area contributed by atoms with Gasteiger partial charge in [-0.2, -0.15) is 5.10 Å². The van der Waals surface area contributed by atoms with Crippen LogP contribution in [0.5, 0.6) is 17.2 Å². The van der Waals surface area contributed by atoms with Crippen LogP contribution in [0.4, 0.5) is 0 Å². The van der Waals surface area contributed by atoms with E-state index in [9.17, 15) is 14.7 Å². The van der Waals surface area contributed by atoms with E-state index in [-0.39, 0.29) is 28.7 Å². The van der Waals surface area contributed by atoms with Crippen LogP contribution in [0.25, 0.3) is 0 Å². The van der Waals surface area contributed by atoms with Gasteiger partial charge in [-0.15, -0.1) is 0 Å². The highest BCUT2D eigenvalue weighted by molar-refractivity contribution is 6.35. The van der Waals surface area contributed by atoms with Crippen LogP contribution in [0.15, 0.2) is 71.8 Å². The Hall–Kier alpha value is -3.75. The molecular weight excluding hydrogens is 505 g/mol. The van der Waals surface area contributed by atoms with Gasteiger partial charge in [0.15, 0.2) is 17.6 Å².